The van der Waals surface area contributed by atoms with E-state index in [1.807, 2.05) is 18.2 Å². The van der Waals surface area contributed by atoms with Crippen LogP contribution < -0.4 is 4.74 Å². The van der Waals surface area contributed by atoms with Crippen molar-refractivity contribution in [2.75, 3.05) is 6.61 Å². The van der Waals surface area contributed by atoms with Gasteiger partial charge in [0, 0.05) is 23.8 Å². The van der Waals surface area contributed by atoms with E-state index in [0.29, 0.717) is 18.0 Å². The summed E-state index contributed by atoms with van der Waals surface area (Å²) in [6.45, 7) is 0.697. The number of hydrogen-bond donors (Lipinski definition) is 1. The lowest BCUT2D eigenvalue weighted by atomic mass is 10.1. The van der Waals surface area contributed by atoms with Gasteiger partial charge in [0.25, 0.3) is 0 Å². The SMILES string of the molecule is O=C(O)C1=NN=C(CC(=O)c2csc(-c3ccc4c(c3)CCO4)n2)C1. The van der Waals surface area contributed by atoms with Crippen molar-refractivity contribution in [3.8, 4) is 16.3 Å². The Kier molecular flexibility index (Phi) is 3.89. The maximum atomic E-state index is 12.4. The summed E-state index contributed by atoms with van der Waals surface area (Å²) < 4.78 is 5.50. The second-order valence-electron chi connectivity index (χ2n) is 5.75. The molecule has 1 aromatic carbocycles. The fourth-order valence-electron chi connectivity index (χ4n) is 2.74. The first-order valence-electron chi connectivity index (χ1n) is 7.70. The van der Waals surface area contributed by atoms with Crippen LogP contribution in [0, 0.1) is 0 Å². The molecule has 2 aliphatic rings. The zero-order valence-corrected chi connectivity index (χ0v) is 13.9. The number of thiazole rings is 1. The molecule has 25 heavy (non-hydrogen) atoms. The number of ether oxygens (including phenoxy) is 1. The predicted molar refractivity (Wildman–Crippen MR) is 92.8 cm³/mol. The van der Waals surface area contributed by atoms with E-state index in [0.717, 1.165) is 28.3 Å². The summed E-state index contributed by atoms with van der Waals surface area (Å²) in [5.41, 5.74) is 2.89. The molecule has 0 fully saturated rings. The number of carboxylic acid groups (broad SMARTS) is 1. The summed E-state index contributed by atoms with van der Waals surface area (Å²) in [6.07, 6.45) is 1.01. The number of nitrogens with zero attached hydrogens (tertiary/aromatic N) is 3. The molecule has 0 saturated heterocycles. The standard InChI is InChI=1S/C17H13N3O4S/c21-14(7-11-6-12(17(22)23)20-19-11)13-8-25-16(18-13)10-1-2-15-9(5-10)3-4-24-15/h1-2,5,8H,3-4,6-7H2,(H,22,23). The number of carbonyl (C=O) groups excluding carboxylic acids is 1. The molecule has 0 amide bonds. The molecular formula is C17H13N3O4S. The number of benzene rings is 1. The van der Waals surface area contributed by atoms with Crippen LogP contribution in [0.15, 0.2) is 33.8 Å². The Bertz CT molecular complexity index is 945. The summed E-state index contributed by atoms with van der Waals surface area (Å²) in [4.78, 5) is 27.6. The highest BCUT2D eigenvalue weighted by Gasteiger charge is 2.22. The van der Waals surface area contributed by atoms with Crippen LogP contribution in [0.5, 0.6) is 5.75 Å². The molecule has 1 N–H and O–H groups in total. The van der Waals surface area contributed by atoms with E-state index in [1.54, 1.807) is 5.38 Å². The largest absolute Gasteiger partial charge is 0.493 e. The number of carboxylic acids is 1. The number of hydrogen-bond acceptors (Lipinski definition) is 7. The molecule has 2 aliphatic heterocycles. The lowest BCUT2D eigenvalue weighted by molar-refractivity contribution is -0.129. The van der Waals surface area contributed by atoms with Gasteiger partial charge >= 0.3 is 5.97 Å². The highest BCUT2D eigenvalue weighted by molar-refractivity contribution is 7.13. The molecule has 0 unspecified atom stereocenters. The molecule has 0 saturated carbocycles. The summed E-state index contributed by atoms with van der Waals surface area (Å²) in [5, 5.41) is 18.7. The van der Waals surface area contributed by atoms with Gasteiger partial charge in [0.1, 0.15) is 16.5 Å². The molecule has 0 spiro atoms. The molecule has 0 atom stereocenters. The van der Waals surface area contributed by atoms with Crippen LogP contribution in [-0.2, 0) is 11.2 Å². The minimum Gasteiger partial charge on any atom is -0.493 e. The van der Waals surface area contributed by atoms with Crippen molar-refractivity contribution >= 4 is 34.5 Å². The zero-order chi connectivity index (χ0) is 17.4. The number of ketones is 1. The Labute approximate surface area is 146 Å². The topological polar surface area (TPSA) is 101 Å². The summed E-state index contributed by atoms with van der Waals surface area (Å²) >= 11 is 1.40. The van der Waals surface area contributed by atoms with Gasteiger partial charge in [-0.2, -0.15) is 5.10 Å². The van der Waals surface area contributed by atoms with E-state index in [2.05, 4.69) is 15.2 Å². The van der Waals surface area contributed by atoms with Crippen LogP contribution >= 0.6 is 11.3 Å². The Hall–Kier alpha value is -2.87. The Morgan fingerprint density at radius 1 is 1.28 bits per heavy atom. The third-order valence-corrected chi connectivity index (χ3v) is 4.91. The number of rotatable bonds is 5. The van der Waals surface area contributed by atoms with Crippen LogP contribution in [-0.4, -0.2) is 39.9 Å². The molecule has 0 aliphatic carbocycles. The molecule has 1 aromatic heterocycles. The minimum absolute atomic E-state index is 0.0292. The number of aromatic nitrogens is 1. The van der Waals surface area contributed by atoms with Crippen molar-refractivity contribution < 1.29 is 19.4 Å². The number of Topliss-reactive ketones (excluding diaryl/α,β-unsaturated/α-hetero) is 1. The predicted octanol–water partition coefficient (Wildman–Crippen LogP) is 2.60. The third-order valence-electron chi connectivity index (χ3n) is 4.02. The summed E-state index contributed by atoms with van der Waals surface area (Å²) in [7, 11) is 0. The minimum atomic E-state index is -1.11. The molecule has 0 bridgehead atoms. The van der Waals surface area contributed by atoms with E-state index >= 15 is 0 Å². The van der Waals surface area contributed by atoms with Gasteiger partial charge in [-0.25, -0.2) is 9.78 Å². The lowest BCUT2D eigenvalue weighted by Crippen LogP contribution is -2.15. The van der Waals surface area contributed by atoms with E-state index < -0.39 is 5.97 Å². The fourth-order valence-corrected chi connectivity index (χ4v) is 3.56. The average molecular weight is 355 g/mol. The third kappa shape index (κ3) is 3.08. The van der Waals surface area contributed by atoms with Crippen molar-refractivity contribution in [1.82, 2.24) is 4.98 Å². The Morgan fingerprint density at radius 2 is 2.16 bits per heavy atom. The van der Waals surface area contributed by atoms with Gasteiger partial charge in [0.15, 0.2) is 11.5 Å². The summed E-state index contributed by atoms with van der Waals surface area (Å²) in [6, 6.07) is 5.91. The van der Waals surface area contributed by atoms with Crippen LogP contribution in [0.4, 0.5) is 0 Å². The monoisotopic (exact) mass is 355 g/mol. The number of aliphatic carboxylic acids is 1. The van der Waals surface area contributed by atoms with E-state index in [1.165, 1.54) is 11.3 Å². The van der Waals surface area contributed by atoms with Crippen molar-refractivity contribution in [2.24, 2.45) is 10.2 Å². The normalized spacial score (nSPS) is 15.4. The van der Waals surface area contributed by atoms with Gasteiger partial charge < -0.3 is 9.84 Å². The average Bonchev–Trinajstić information content (AvgIpc) is 3.33. The molecule has 8 heteroatoms. The van der Waals surface area contributed by atoms with Gasteiger partial charge in [0.05, 0.1) is 18.7 Å². The van der Waals surface area contributed by atoms with Crippen LogP contribution in [0.25, 0.3) is 10.6 Å². The first-order chi connectivity index (χ1) is 12.1. The van der Waals surface area contributed by atoms with Gasteiger partial charge in [0.2, 0.25) is 0 Å². The van der Waals surface area contributed by atoms with E-state index in [-0.39, 0.29) is 24.3 Å². The van der Waals surface area contributed by atoms with E-state index in [9.17, 15) is 9.59 Å². The van der Waals surface area contributed by atoms with Crippen LogP contribution in [0.2, 0.25) is 0 Å². The molecule has 3 heterocycles. The van der Waals surface area contributed by atoms with Crippen molar-refractivity contribution in [3.63, 3.8) is 0 Å². The zero-order valence-electron chi connectivity index (χ0n) is 13.1. The second kappa shape index (κ2) is 6.21. The molecule has 4 rings (SSSR count). The Morgan fingerprint density at radius 3 is 2.96 bits per heavy atom. The second-order valence-corrected chi connectivity index (χ2v) is 6.61. The molecule has 0 radical (unpaired) electrons. The van der Waals surface area contributed by atoms with Crippen molar-refractivity contribution in [1.29, 1.82) is 0 Å². The molecule has 126 valence electrons. The molecule has 2 aromatic rings. The first-order valence-corrected chi connectivity index (χ1v) is 8.58. The van der Waals surface area contributed by atoms with Gasteiger partial charge in [-0.1, -0.05) is 0 Å². The molecular weight excluding hydrogens is 342 g/mol. The van der Waals surface area contributed by atoms with Gasteiger partial charge in [-0.05, 0) is 23.8 Å². The highest BCUT2D eigenvalue weighted by Crippen LogP contribution is 2.32. The quantitative estimate of drug-likeness (QED) is 0.831. The van der Waals surface area contributed by atoms with Crippen molar-refractivity contribution in [2.45, 2.75) is 19.3 Å². The van der Waals surface area contributed by atoms with Gasteiger partial charge in [-0.15, -0.1) is 16.4 Å². The van der Waals surface area contributed by atoms with Gasteiger partial charge in [-0.3, -0.25) is 4.79 Å². The molecule has 7 nitrogen and oxygen atoms in total. The maximum absolute atomic E-state index is 12.4. The smallest absolute Gasteiger partial charge is 0.352 e. The highest BCUT2D eigenvalue weighted by atomic mass is 32.1. The number of fused-ring (bicyclic) bond motifs is 1. The van der Waals surface area contributed by atoms with Crippen molar-refractivity contribution in [3.05, 3.63) is 34.8 Å². The van der Waals surface area contributed by atoms with E-state index in [4.69, 9.17) is 9.84 Å². The fraction of sp³-hybridized carbons (Fsp3) is 0.235. The first kappa shape index (κ1) is 15.6. The summed E-state index contributed by atoms with van der Waals surface area (Å²) in [5.74, 6) is -0.389. The van der Waals surface area contributed by atoms with Crippen LogP contribution in [0.3, 0.4) is 0 Å². The number of carbonyl (C=O) groups is 2. The maximum Gasteiger partial charge on any atom is 0.352 e. The lowest BCUT2D eigenvalue weighted by Gasteiger charge is -2.01. The van der Waals surface area contributed by atoms with Crippen LogP contribution in [0.1, 0.15) is 28.9 Å². The Balaban J connectivity index is 1.46.